The van der Waals surface area contributed by atoms with Gasteiger partial charge >= 0.3 is 70.4 Å². The summed E-state index contributed by atoms with van der Waals surface area (Å²) in [4.78, 5) is 0. The molecule has 4 unspecified atom stereocenters. The summed E-state index contributed by atoms with van der Waals surface area (Å²) in [6, 6.07) is 0. The number of hydrogen-bond acceptors (Lipinski definition) is 4. The van der Waals surface area contributed by atoms with Crippen molar-refractivity contribution in [2.45, 2.75) is 35.1 Å². The first kappa shape index (κ1) is 9.45. The molecule has 1 heterocycles. The van der Waals surface area contributed by atoms with Gasteiger partial charge in [0.05, 0.1) is 0 Å². The first-order valence-corrected chi connectivity index (χ1v) is 5.67. The van der Waals surface area contributed by atoms with E-state index in [2.05, 4.69) is 0 Å². The van der Waals surface area contributed by atoms with E-state index in [0.717, 1.165) is 0 Å². The van der Waals surface area contributed by atoms with Gasteiger partial charge in [0.2, 0.25) is 0 Å². The zero-order chi connectivity index (χ0) is 8.43. The van der Waals surface area contributed by atoms with Crippen LogP contribution in [0.2, 0.25) is 5.32 Å². The fraction of sp³-hybridized carbons (Fsp3) is 1.00. The van der Waals surface area contributed by atoms with E-state index >= 15 is 0 Å². The van der Waals surface area contributed by atoms with Crippen molar-refractivity contribution in [3.63, 3.8) is 0 Å². The van der Waals surface area contributed by atoms with Gasteiger partial charge in [0.15, 0.2) is 0 Å². The third-order valence-corrected chi connectivity index (χ3v) is 4.03. The molecule has 1 aliphatic heterocycles. The van der Waals surface area contributed by atoms with Crippen LogP contribution in [0.5, 0.6) is 0 Å². The fourth-order valence-corrected chi connectivity index (χ4v) is 3.03. The van der Waals surface area contributed by atoms with Crippen LogP contribution in [0.4, 0.5) is 0 Å². The first-order valence-electron chi connectivity index (χ1n) is 3.47. The molecule has 0 amide bonds. The molecule has 0 aromatic heterocycles. The second kappa shape index (κ2) is 3.85. The van der Waals surface area contributed by atoms with Crippen LogP contribution >= 0.6 is 0 Å². The van der Waals surface area contributed by atoms with E-state index in [1.807, 2.05) is 0 Å². The second-order valence-electron chi connectivity index (χ2n) is 2.60. The van der Waals surface area contributed by atoms with Crippen molar-refractivity contribution in [1.29, 1.82) is 0 Å². The number of aliphatic hydroxyl groups excluding tert-OH is 4. The summed E-state index contributed by atoms with van der Waals surface area (Å²) < 4.78 is 0. The van der Waals surface area contributed by atoms with E-state index in [-0.39, 0.29) is 15.0 Å². The van der Waals surface area contributed by atoms with Gasteiger partial charge in [0.1, 0.15) is 0 Å². The summed E-state index contributed by atoms with van der Waals surface area (Å²) in [5, 5.41) is 36.4. The van der Waals surface area contributed by atoms with Crippen molar-refractivity contribution < 1.29 is 20.4 Å². The van der Waals surface area contributed by atoms with E-state index in [1.165, 1.54) is 0 Å². The van der Waals surface area contributed by atoms with Gasteiger partial charge in [-0.05, 0) is 0 Å². The van der Waals surface area contributed by atoms with E-state index in [0.29, 0.717) is 11.7 Å². The summed E-state index contributed by atoms with van der Waals surface area (Å²) in [5.41, 5.74) is 0. The van der Waals surface area contributed by atoms with Crippen LogP contribution < -0.4 is 0 Å². The van der Waals surface area contributed by atoms with Crippen LogP contribution in [-0.2, 0) is 0 Å². The Balaban J connectivity index is 2.58. The summed E-state index contributed by atoms with van der Waals surface area (Å²) in [6.07, 6.45) is -2.78. The predicted octanol–water partition coefficient (Wildman–Crippen LogP) is -2.09. The van der Waals surface area contributed by atoms with Crippen LogP contribution in [0, 0.1) is 0 Å². The molecule has 11 heavy (non-hydrogen) atoms. The maximum absolute atomic E-state index is 9.15. The van der Waals surface area contributed by atoms with E-state index in [1.54, 1.807) is 0 Å². The molecule has 1 rings (SSSR count). The Morgan fingerprint density at radius 1 is 1.00 bits per heavy atom. The first-order chi connectivity index (χ1) is 5.13. The molecule has 0 radical (unpaired) electrons. The van der Waals surface area contributed by atoms with Gasteiger partial charge in [0.25, 0.3) is 0 Å². The summed E-state index contributed by atoms with van der Waals surface area (Å²) in [5.74, 6) is 0. The molecule has 0 bridgehead atoms. The molecule has 0 aliphatic carbocycles. The SMILES string of the molecule is OC1CC[Se]C(O)C(O)C1O. The van der Waals surface area contributed by atoms with Crippen molar-refractivity contribution in [3.05, 3.63) is 0 Å². The van der Waals surface area contributed by atoms with E-state index in [4.69, 9.17) is 20.4 Å². The fourth-order valence-electron chi connectivity index (χ4n) is 0.975. The molecule has 0 aromatic rings. The van der Waals surface area contributed by atoms with Gasteiger partial charge in [-0.25, -0.2) is 0 Å². The van der Waals surface area contributed by atoms with E-state index < -0.39 is 23.3 Å². The molecule has 1 saturated heterocycles. The summed E-state index contributed by atoms with van der Waals surface area (Å²) in [7, 11) is 0. The molecule has 4 atom stereocenters. The van der Waals surface area contributed by atoms with Crippen molar-refractivity contribution in [1.82, 2.24) is 0 Å². The molecular formula is C6H12O4Se. The zero-order valence-electron chi connectivity index (χ0n) is 5.92. The molecule has 1 fully saturated rings. The Morgan fingerprint density at radius 3 is 2.27 bits per heavy atom. The summed E-state index contributed by atoms with van der Waals surface area (Å²) >= 11 is -0.0854. The maximum atomic E-state index is 9.15. The Labute approximate surface area is 71.0 Å². The van der Waals surface area contributed by atoms with Gasteiger partial charge in [-0.3, -0.25) is 0 Å². The third-order valence-electron chi connectivity index (χ3n) is 1.74. The van der Waals surface area contributed by atoms with E-state index in [9.17, 15) is 0 Å². The average molecular weight is 227 g/mol. The molecule has 5 heteroatoms. The van der Waals surface area contributed by atoms with Gasteiger partial charge in [-0.15, -0.1) is 0 Å². The molecule has 0 spiro atoms. The normalized spacial score (nSPS) is 46.9. The van der Waals surface area contributed by atoms with Gasteiger partial charge in [-0.1, -0.05) is 0 Å². The Morgan fingerprint density at radius 2 is 1.64 bits per heavy atom. The topological polar surface area (TPSA) is 80.9 Å². The standard InChI is InChI=1S/C6H12O4Se/c7-3-1-2-11-6(10)5(9)4(3)8/h3-10H,1-2H2. The molecular weight excluding hydrogens is 215 g/mol. The predicted molar refractivity (Wildman–Crippen MR) is 39.2 cm³/mol. The molecule has 66 valence electrons. The van der Waals surface area contributed by atoms with Crippen LogP contribution in [0.1, 0.15) is 6.42 Å². The Bertz CT molecular complexity index is 118. The zero-order valence-corrected chi connectivity index (χ0v) is 7.63. The van der Waals surface area contributed by atoms with Crippen molar-refractivity contribution in [2.75, 3.05) is 0 Å². The van der Waals surface area contributed by atoms with Crippen LogP contribution in [0.15, 0.2) is 0 Å². The van der Waals surface area contributed by atoms with Crippen LogP contribution in [-0.4, -0.2) is 58.7 Å². The van der Waals surface area contributed by atoms with Crippen molar-refractivity contribution in [2.24, 2.45) is 0 Å². The number of aliphatic hydroxyl groups is 4. The molecule has 0 saturated carbocycles. The average Bonchev–Trinajstić information content (AvgIpc) is 2.07. The van der Waals surface area contributed by atoms with Gasteiger partial charge in [0, 0.05) is 0 Å². The Kier molecular flexibility index (Phi) is 3.30. The van der Waals surface area contributed by atoms with Gasteiger partial charge < -0.3 is 0 Å². The molecule has 4 N–H and O–H groups in total. The molecule has 0 aromatic carbocycles. The summed E-state index contributed by atoms with van der Waals surface area (Å²) in [6.45, 7) is 0. The van der Waals surface area contributed by atoms with Crippen LogP contribution in [0.25, 0.3) is 0 Å². The Hall–Kier alpha value is 0.359. The number of rotatable bonds is 0. The molecule has 1 aliphatic rings. The number of hydrogen-bond donors (Lipinski definition) is 4. The van der Waals surface area contributed by atoms with Crippen molar-refractivity contribution in [3.8, 4) is 0 Å². The molecule has 4 nitrogen and oxygen atoms in total. The third kappa shape index (κ3) is 2.15. The second-order valence-corrected chi connectivity index (χ2v) is 5.17. The minimum absolute atomic E-state index is 0.0854. The minimum atomic E-state index is -1.19. The monoisotopic (exact) mass is 228 g/mol. The van der Waals surface area contributed by atoms with Gasteiger partial charge in [-0.2, -0.15) is 0 Å². The quantitative estimate of drug-likeness (QED) is 0.358. The van der Waals surface area contributed by atoms with Crippen LogP contribution in [0.3, 0.4) is 0 Å². The van der Waals surface area contributed by atoms with Crippen molar-refractivity contribution >= 4 is 15.0 Å².